The van der Waals surface area contributed by atoms with E-state index >= 15 is 0 Å². The summed E-state index contributed by atoms with van der Waals surface area (Å²) in [4.78, 5) is 11.8. The molecule has 1 aromatic rings. The lowest BCUT2D eigenvalue weighted by Gasteiger charge is -2.26. The Labute approximate surface area is 104 Å². The van der Waals surface area contributed by atoms with Crippen molar-refractivity contribution in [2.45, 2.75) is 25.8 Å². The number of rotatable bonds is 4. The molecule has 0 aromatic heterocycles. The van der Waals surface area contributed by atoms with Gasteiger partial charge < -0.3 is 10.5 Å². The van der Waals surface area contributed by atoms with Crippen molar-refractivity contribution >= 4 is 21.9 Å². The molecule has 0 amide bonds. The number of hydrogen-bond acceptors (Lipinski definition) is 3. The molecule has 1 aromatic carbocycles. The largest absolute Gasteiger partial charge is 0.464 e. The van der Waals surface area contributed by atoms with Crippen molar-refractivity contribution < 1.29 is 9.53 Å². The second kappa shape index (κ2) is 5.46. The summed E-state index contributed by atoms with van der Waals surface area (Å²) in [6, 6.07) is 7.41. The van der Waals surface area contributed by atoms with Crippen molar-refractivity contribution in [2.24, 2.45) is 5.73 Å². The summed E-state index contributed by atoms with van der Waals surface area (Å²) in [5.74, 6) is -0.375. The van der Waals surface area contributed by atoms with Crippen LogP contribution in [-0.2, 0) is 15.1 Å². The highest BCUT2D eigenvalue weighted by Crippen LogP contribution is 2.25. The van der Waals surface area contributed by atoms with Crippen LogP contribution in [0.25, 0.3) is 0 Å². The van der Waals surface area contributed by atoms with E-state index in [0.717, 1.165) is 10.0 Å². The van der Waals surface area contributed by atoms with Crippen molar-refractivity contribution in [1.82, 2.24) is 0 Å². The van der Waals surface area contributed by atoms with Crippen molar-refractivity contribution in [1.29, 1.82) is 0 Å². The second-order valence-corrected chi connectivity index (χ2v) is 4.47. The predicted octanol–water partition coefficient (Wildman–Crippen LogP) is 2.58. The van der Waals surface area contributed by atoms with Crippen LogP contribution in [-0.4, -0.2) is 12.6 Å². The molecule has 2 N–H and O–H groups in total. The summed E-state index contributed by atoms with van der Waals surface area (Å²) in [5.41, 5.74) is 5.84. The highest BCUT2D eigenvalue weighted by Gasteiger charge is 2.35. The SMILES string of the molecule is CCOC(=O)C(N)(CC)c1ccc(Br)cc1. The number of halogens is 1. The number of carbonyl (C=O) groups is 1. The van der Waals surface area contributed by atoms with E-state index in [-0.39, 0.29) is 5.97 Å². The molecule has 4 heteroatoms. The average molecular weight is 286 g/mol. The molecule has 16 heavy (non-hydrogen) atoms. The van der Waals surface area contributed by atoms with Crippen LogP contribution in [0.4, 0.5) is 0 Å². The molecule has 0 saturated carbocycles. The lowest BCUT2D eigenvalue weighted by Crippen LogP contribution is -2.45. The fraction of sp³-hybridized carbons (Fsp3) is 0.417. The maximum absolute atomic E-state index is 11.8. The van der Waals surface area contributed by atoms with Gasteiger partial charge in [0, 0.05) is 4.47 Å². The monoisotopic (exact) mass is 285 g/mol. The number of ether oxygens (including phenoxy) is 1. The van der Waals surface area contributed by atoms with Gasteiger partial charge in [0.25, 0.3) is 0 Å². The maximum atomic E-state index is 11.8. The van der Waals surface area contributed by atoms with Crippen molar-refractivity contribution in [3.8, 4) is 0 Å². The Morgan fingerprint density at radius 2 is 1.94 bits per heavy atom. The summed E-state index contributed by atoms with van der Waals surface area (Å²) in [6.45, 7) is 3.99. The van der Waals surface area contributed by atoms with E-state index in [1.165, 1.54) is 0 Å². The van der Waals surface area contributed by atoms with Crippen LogP contribution in [0.3, 0.4) is 0 Å². The molecule has 1 unspecified atom stereocenters. The summed E-state index contributed by atoms with van der Waals surface area (Å²) >= 11 is 3.34. The fourth-order valence-corrected chi connectivity index (χ4v) is 1.74. The van der Waals surface area contributed by atoms with Crippen molar-refractivity contribution in [2.75, 3.05) is 6.61 Å². The number of carbonyl (C=O) groups excluding carboxylic acids is 1. The molecule has 88 valence electrons. The topological polar surface area (TPSA) is 52.3 Å². The van der Waals surface area contributed by atoms with Crippen molar-refractivity contribution in [3.63, 3.8) is 0 Å². The number of esters is 1. The second-order valence-electron chi connectivity index (χ2n) is 3.55. The molecule has 0 aliphatic rings. The third-order valence-corrected chi connectivity index (χ3v) is 3.09. The average Bonchev–Trinajstić information content (AvgIpc) is 2.29. The van der Waals surface area contributed by atoms with Crippen molar-refractivity contribution in [3.05, 3.63) is 34.3 Å². The summed E-state index contributed by atoms with van der Waals surface area (Å²) < 4.78 is 5.96. The molecule has 0 aliphatic heterocycles. The Kier molecular flexibility index (Phi) is 4.50. The molecule has 0 fully saturated rings. The first-order chi connectivity index (χ1) is 7.54. The normalized spacial score (nSPS) is 14.2. The van der Waals surface area contributed by atoms with Gasteiger partial charge >= 0.3 is 5.97 Å². The van der Waals surface area contributed by atoms with Gasteiger partial charge in [-0.3, -0.25) is 0 Å². The zero-order chi connectivity index (χ0) is 12.2. The summed E-state index contributed by atoms with van der Waals surface area (Å²) in [6.07, 6.45) is 0.507. The molecular weight excluding hydrogens is 270 g/mol. The standard InChI is InChI=1S/C12H16BrNO2/c1-3-12(14,11(15)16-4-2)9-5-7-10(13)8-6-9/h5-8H,3-4,14H2,1-2H3. The molecular formula is C12H16BrNO2. The molecule has 3 nitrogen and oxygen atoms in total. The van der Waals surface area contributed by atoms with Crippen LogP contribution in [0.15, 0.2) is 28.7 Å². The predicted molar refractivity (Wildman–Crippen MR) is 66.9 cm³/mol. The lowest BCUT2D eigenvalue weighted by molar-refractivity contribution is -0.150. The Morgan fingerprint density at radius 3 is 2.38 bits per heavy atom. The number of benzene rings is 1. The molecule has 1 atom stereocenters. The molecule has 0 heterocycles. The van der Waals surface area contributed by atoms with E-state index in [1.54, 1.807) is 6.92 Å². The van der Waals surface area contributed by atoms with E-state index in [0.29, 0.717) is 13.0 Å². The van der Waals surface area contributed by atoms with Gasteiger partial charge in [-0.25, -0.2) is 4.79 Å². The number of hydrogen-bond donors (Lipinski definition) is 1. The Balaban J connectivity index is 3.04. The van der Waals surface area contributed by atoms with Crippen LogP contribution in [0, 0.1) is 0 Å². The minimum atomic E-state index is -1.04. The maximum Gasteiger partial charge on any atom is 0.330 e. The van der Waals surface area contributed by atoms with Crippen LogP contribution in [0.1, 0.15) is 25.8 Å². The Morgan fingerprint density at radius 1 is 1.38 bits per heavy atom. The summed E-state index contributed by atoms with van der Waals surface area (Å²) in [7, 11) is 0. The minimum absolute atomic E-state index is 0.342. The first-order valence-electron chi connectivity index (χ1n) is 5.26. The zero-order valence-corrected chi connectivity index (χ0v) is 11.1. The first-order valence-corrected chi connectivity index (χ1v) is 6.06. The molecule has 0 radical (unpaired) electrons. The molecule has 0 aliphatic carbocycles. The minimum Gasteiger partial charge on any atom is -0.464 e. The van der Waals surface area contributed by atoms with Crippen LogP contribution < -0.4 is 5.73 Å². The van der Waals surface area contributed by atoms with Crippen LogP contribution in [0.5, 0.6) is 0 Å². The third kappa shape index (κ3) is 2.62. The van der Waals surface area contributed by atoms with Crippen LogP contribution >= 0.6 is 15.9 Å². The summed E-state index contributed by atoms with van der Waals surface area (Å²) in [5, 5.41) is 0. The fourth-order valence-electron chi connectivity index (χ4n) is 1.47. The van der Waals surface area contributed by atoms with E-state index in [4.69, 9.17) is 10.5 Å². The Hall–Kier alpha value is -0.870. The Bertz CT molecular complexity index is 364. The zero-order valence-electron chi connectivity index (χ0n) is 9.50. The van der Waals surface area contributed by atoms with Gasteiger partial charge in [-0.1, -0.05) is 35.0 Å². The van der Waals surface area contributed by atoms with Gasteiger partial charge in [0.05, 0.1) is 6.61 Å². The van der Waals surface area contributed by atoms with Crippen LogP contribution in [0.2, 0.25) is 0 Å². The highest BCUT2D eigenvalue weighted by molar-refractivity contribution is 9.10. The highest BCUT2D eigenvalue weighted by atomic mass is 79.9. The van der Waals surface area contributed by atoms with E-state index in [2.05, 4.69) is 15.9 Å². The van der Waals surface area contributed by atoms with Gasteiger partial charge in [0.15, 0.2) is 0 Å². The molecule has 1 rings (SSSR count). The quantitative estimate of drug-likeness (QED) is 0.865. The van der Waals surface area contributed by atoms with E-state index < -0.39 is 5.54 Å². The molecule has 0 saturated heterocycles. The van der Waals surface area contributed by atoms with Gasteiger partial charge in [0.1, 0.15) is 5.54 Å². The van der Waals surface area contributed by atoms with E-state index in [1.807, 2.05) is 31.2 Å². The van der Waals surface area contributed by atoms with Gasteiger partial charge in [-0.15, -0.1) is 0 Å². The third-order valence-electron chi connectivity index (χ3n) is 2.56. The number of nitrogens with two attached hydrogens (primary N) is 1. The van der Waals surface area contributed by atoms with E-state index in [9.17, 15) is 4.79 Å². The smallest absolute Gasteiger partial charge is 0.330 e. The molecule has 0 bridgehead atoms. The first kappa shape index (κ1) is 13.2. The van der Waals surface area contributed by atoms with Gasteiger partial charge in [-0.2, -0.15) is 0 Å². The lowest BCUT2D eigenvalue weighted by atomic mass is 9.88. The molecule has 0 spiro atoms. The van der Waals surface area contributed by atoms with Gasteiger partial charge in [-0.05, 0) is 31.0 Å². The van der Waals surface area contributed by atoms with Gasteiger partial charge in [0.2, 0.25) is 0 Å².